The van der Waals surface area contributed by atoms with Crippen LogP contribution >= 0.6 is 0 Å². The smallest absolute Gasteiger partial charge is 0.252 e. The fraction of sp³-hybridized carbons (Fsp3) is 0.348. The minimum absolute atomic E-state index is 0.0279. The molecule has 0 saturated heterocycles. The topological polar surface area (TPSA) is 129 Å². The Morgan fingerprint density at radius 3 is 2.69 bits per heavy atom. The highest BCUT2D eigenvalue weighted by Gasteiger charge is 2.21. The molecule has 1 aromatic carbocycles. The Morgan fingerprint density at radius 1 is 1.22 bits per heavy atom. The highest BCUT2D eigenvalue weighted by Crippen LogP contribution is 2.29. The number of nitriles is 1. The molecule has 3 aromatic rings. The number of aliphatic hydroxyl groups is 1. The van der Waals surface area contributed by atoms with E-state index in [1.54, 1.807) is 24.5 Å². The highest BCUT2D eigenvalue weighted by molar-refractivity contribution is 5.94. The first-order chi connectivity index (χ1) is 15.5. The van der Waals surface area contributed by atoms with Gasteiger partial charge in [0, 0.05) is 23.5 Å². The van der Waals surface area contributed by atoms with E-state index in [1.165, 1.54) is 0 Å². The number of aliphatic hydroxyl groups excluding tert-OH is 1. The number of nitrogens with zero attached hydrogens (tertiary/aromatic N) is 5. The van der Waals surface area contributed by atoms with E-state index < -0.39 is 0 Å². The predicted octanol–water partition coefficient (Wildman–Crippen LogP) is 3.12. The number of hydrogen-bond donors (Lipinski definition) is 3. The van der Waals surface area contributed by atoms with Crippen LogP contribution in [0.5, 0.6) is 0 Å². The van der Waals surface area contributed by atoms with Crippen LogP contribution in [0.25, 0.3) is 11.3 Å². The maximum absolute atomic E-state index is 12.0. The molecule has 0 atom stereocenters. The maximum atomic E-state index is 12.0. The number of hydrogen-bond acceptors (Lipinski definition) is 7. The van der Waals surface area contributed by atoms with Crippen molar-refractivity contribution < 1.29 is 9.90 Å². The van der Waals surface area contributed by atoms with Gasteiger partial charge < -0.3 is 15.7 Å². The lowest BCUT2D eigenvalue weighted by molar-refractivity contribution is 0.0958. The summed E-state index contributed by atoms with van der Waals surface area (Å²) in [4.78, 5) is 21.0. The standard InChI is InChI=1S/C23H25N7O2/c1-15-12-26-23(28-18-13-27-30(14-18)19-6-8-20(31)9-7-19)29-21(15)16-2-4-17(5-3-16)22(32)25-11-10-24/h2-5,12-14,19-20,31H,6-9,11H2,1H3,(H,25,32)(H,26,28,29). The molecule has 32 heavy (non-hydrogen) atoms. The summed E-state index contributed by atoms with van der Waals surface area (Å²) in [6, 6.07) is 9.27. The number of carbonyl (C=O) groups is 1. The molecule has 1 aliphatic rings. The average molecular weight is 432 g/mol. The number of amides is 1. The number of rotatable bonds is 6. The summed E-state index contributed by atoms with van der Waals surface area (Å²) < 4.78 is 1.94. The summed E-state index contributed by atoms with van der Waals surface area (Å²) in [5.74, 6) is 0.171. The van der Waals surface area contributed by atoms with Crippen LogP contribution in [-0.2, 0) is 0 Å². The molecule has 0 radical (unpaired) electrons. The van der Waals surface area contributed by atoms with Crippen molar-refractivity contribution in [1.82, 2.24) is 25.1 Å². The minimum atomic E-state index is -0.288. The number of carbonyl (C=O) groups excluding carboxylic acids is 1. The SMILES string of the molecule is Cc1cnc(Nc2cnn(C3CCC(O)CC3)c2)nc1-c1ccc(C(=O)NCC#N)cc1. The van der Waals surface area contributed by atoms with Gasteiger partial charge in [0.05, 0.1) is 35.8 Å². The lowest BCUT2D eigenvalue weighted by Gasteiger charge is -2.25. The lowest BCUT2D eigenvalue weighted by atomic mass is 9.93. The Hall–Kier alpha value is -3.77. The fourth-order valence-corrected chi connectivity index (χ4v) is 3.85. The number of anilines is 2. The zero-order valence-corrected chi connectivity index (χ0v) is 17.8. The highest BCUT2D eigenvalue weighted by atomic mass is 16.3. The number of nitrogens with one attached hydrogen (secondary N) is 2. The second-order valence-electron chi connectivity index (χ2n) is 7.94. The normalized spacial score (nSPS) is 18.0. The number of aromatic nitrogens is 4. The van der Waals surface area contributed by atoms with E-state index in [0.717, 1.165) is 48.2 Å². The fourth-order valence-electron chi connectivity index (χ4n) is 3.85. The Kier molecular flexibility index (Phi) is 6.42. The van der Waals surface area contributed by atoms with Crippen molar-refractivity contribution in [2.75, 3.05) is 11.9 Å². The molecule has 4 rings (SSSR count). The van der Waals surface area contributed by atoms with Gasteiger partial charge in [0.1, 0.15) is 6.54 Å². The third-order valence-electron chi connectivity index (χ3n) is 5.62. The van der Waals surface area contributed by atoms with Crippen molar-refractivity contribution in [3.63, 3.8) is 0 Å². The van der Waals surface area contributed by atoms with Crippen LogP contribution in [0.1, 0.15) is 47.6 Å². The molecule has 0 unspecified atom stereocenters. The van der Waals surface area contributed by atoms with Gasteiger partial charge in [0.15, 0.2) is 0 Å². The predicted molar refractivity (Wildman–Crippen MR) is 119 cm³/mol. The molecule has 9 nitrogen and oxygen atoms in total. The molecule has 2 heterocycles. The lowest BCUT2D eigenvalue weighted by Crippen LogP contribution is -2.23. The third-order valence-corrected chi connectivity index (χ3v) is 5.62. The van der Waals surface area contributed by atoms with Gasteiger partial charge in [-0.15, -0.1) is 0 Å². The van der Waals surface area contributed by atoms with E-state index in [1.807, 2.05) is 36.0 Å². The van der Waals surface area contributed by atoms with Gasteiger partial charge in [0.25, 0.3) is 5.91 Å². The van der Waals surface area contributed by atoms with E-state index in [0.29, 0.717) is 17.6 Å². The maximum Gasteiger partial charge on any atom is 0.252 e. The average Bonchev–Trinajstić information content (AvgIpc) is 3.28. The van der Waals surface area contributed by atoms with Crippen LogP contribution in [0.15, 0.2) is 42.9 Å². The molecule has 1 fully saturated rings. The molecule has 2 aromatic heterocycles. The van der Waals surface area contributed by atoms with Gasteiger partial charge in [-0.2, -0.15) is 10.4 Å². The first-order valence-corrected chi connectivity index (χ1v) is 10.6. The van der Waals surface area contributed by atoms with E-state index >= 15 is 0 Å². The van der Waals surface area contributed by atoms with Crippen LogP contribution in [0.3, 0.4) is 0 Å². The van der Waals surface area contributed by atoms with Crippen molar-refractivity contribution in [1.29, 1.82) is 5.26 Å². The first kappa shape index (κ1) is 21.5. The van der Waals surface area contributed by atoms with Crippen LogP contribution in [-0.4, -0.2) is 43.4 Å². The molecular weight excluding hydrogens is 406 g/mol. The summed E-state index contributed by atoms with van der Waals surface area (Å²) in [6.07, 6.45) is 8.69. The van der Waals surface area contributed by atoms with Crippen LogP contribution < -0.4 is 10.6 Å². The second-order valence-corrected chi connectivity index (χ2v) is 7.94. The van der Waals surface area contributed by atoms with Gasteiger partial charge in [0.2, 0.25) is 5.95 Å². The molecule has 1 aliphatic carbocycles. The summed E-state index contributed by atoms with van der Waals surface area (Å²) in [5.41, 5.74) is 3.82. The largest absolute Gasteiger partial charge is 0.393 e. The zero-order valence-electron chi connectivity index (χ0n) is 17.8. The van der Waals surface area contributed by atoms with Gasteiger partial charge in [-0.3, -0.25) is 9.48 Å². The zero-order chi connectivity index (χ0) is 22.5. The van der Waals surface area contributed by atoms with Gasteiger partial charge in [-0.05, 0) is 50.3 Å². The molecule has 1 amide bonds. The second kappa shape index (κ2) is 9.58. The molecular formula is C23H25N7O2. The van der Waals surface area contributed by atoms with E-state index in [-0.39, 0.29) is 18.6 Å². The Balaban J connectivity index is 1.47. The summed E-state index contributed by atoms with van der Waals surface area (Å²) in [5, 5.41) is 28.5. The van der Waals surface area contributed by atoms with Crippen molar-refractivity contribution in [2.45, 2.75) is 44.8 Å². The molecule has 3 N–H and O–H groups in total. The Labute approximate surface area is 186 Å². The van der Waals surface area contributed by atoms with Gasteiger partial charge in [-0.25, -0.2) is 9.97 Å². The molecule has 0 spiro atoms. The van der Waals surface area contributed by atoms with Crippen molar-refractivity contribution >= 4 is 17.5 Å². The summed E-state index contributed by atoms with van der Waals surface area (Å²) in [6.45, 7) is 1.90. The van der Waals surface area contributed by atoms with Crippen LogP contribution in [0.2, 0.25) is 0 Å². The molecule has 164 valence electrons. The minimum Gasteiger partial charge on any atom is -0.393 e. The first-order valence-electron chi connectivity index (χ1n) is 10.6. The van der Waals surface area contributed by atoms with Gasteiger partial charge >= 0.3 is 0 Å². The molecule has 0 aliphatic heterocycles. The molecule has 0 bridgehead atoms. The number of aryl methyl sites for hydroxylation is 1. The van der Waals surface area contributed by atoms with E-state index in [2.05, 4.69) is 25.7 Å². The van der Waals surface area contributed by atoms with Crippen molar-refractivity contribution in [3.8, 4) is 17.3 Å². The van der Waals surface area contributed by atoms with Crippen molar-refractivity contribution in [3.05, 3.63) is 54.0 Å². The molecule has 9 heteroatoms. The molecule has 1 saturated carbocycles. The Morgan fingerprint density at radius 2 is 1.97 bits per heavy atom. The number of benzene rings is 1. The van der Waals surface area contributed by atoms with Gasteiger partial charge in [-0.1, -0.05) is 12.1 Å². The van der Waals surface area contributed by atoms with E-state index in [4.69, 9.17) is 5.26 Å². The van der Waals surface area contributed by atoms with Crippen molar-refractivity contribution in [2.24, 2.45) is 0 Å². The van der Waals surface area contributed by atoms with Crippen LogP contribution in [0, 0.1) is 18.3 Å². The van der Waals surface area contributed by atoms with E-state index in [9.17, 15) is 9.90 Å². The Bertz CT molecular complexity index is 1130. The van der Waals surface area contributed by atoms with Crippen LogP contribution in [0.4, 0.5) is 11.6 Å². The monoisotopic (exact) mass is 431 g/mol. The summed E-state index contributed by atoms with van der Waals surface area (Å²) >= 11 is 0. The third kappa shape index (κ3) is 4.92. The quantitative estimate of drug-likeness (QED) is 0.511. The summed E-state index contributed by atoms with van der Waals surface area (Å²) in [7, 11) is 0.